The molecule has 0 saturated carbocycles. The summed E-state index contributed by atoms with van der Waals surface area (Å²) in [5.41, 5.74) is 4.11. The van der Waals surface area contributed by atoms with E-state index in [-0.39, 0.29) is 29.7 Å². The minimum Gasteiger partial charge on any atom is -0.351 e. The summed E-state index contributed by atoms with van der Waals surface area (Å²) in [6.45, 7) is 1.83. The Morgan fingerprint density at radius 3 is 2.77 bits per heavy atom. The van der Waals surface area contributed by atoms with Crippen LogP contribution in [0.3, 0.4) is 0 Å². The molecule has 7 heteroatoms. The number of anilines is 1. The highest BCUT2D eigenvalue weighted by molar-refractivity contribution is 7.09. The van der Waals surface area contributed by atoms with Crippen LogP contribution in [0.5, 0.6) is 0 Å². The van der Waals surface area contributed by atoms with Crippen molar-refractivity contribution in [2.45, 2.75) is 12.6 Å². The number of carbonyl (C=O) groups is 2. The van der Waals surface area contributed by atoms with Crippen molar-refractivity contribution in [2.75, 3.05) is 25.1 Å². The van der Waals surface area contributed by atoms with Crippen LogP contribution in [0.25, 0.3) is 0 Å². The van der Waals surface area contributed by atoms with Gasteiger partial charge < -0.3 is 10.2 Å². The molecule has 136 valence electrons. The second kappa shape index (κ2) is 7.19. The monoisotopic (exact) mass is 370 g/mol. The topological polar surface area (TPSA) is 64.7 Å². The quantitative estimate of drug-likeness (QED) is 0.855. The Labute approximate surface area is 156 Å². The maximum Gasteiger partial charge on any atom is 0.247 e. The SMILES string of the molecule is CN1CC(C(=O)NCc2cccs2)C2NN(c3ccccc3)C(=O)C2C1. The van der Waals surface area contributed by atoms with Gasteiger partial charge in [-0.05, 0) is 30.6 Å². The van der Waals surface area contributed by atoms with E-state index in [4.69, 9.17) is 0 Å². The minimum atomic E-state index is -0.267. The van der Waals surface area contributed by atoms with E-state index >= 15 is 0 Å². The van der Waals surface area contributed by atoms with Crippen LogP contribution in [-0.2, 0) is 16.1 Å². The van der Waals surface area contributed by atoms with Gasteiger partial charge in [0.2, 0.25) is 11.8 Å². The molecule has 2 amide bonds. The molecule has 1 aromatic heterocycles. The van der Waals surface area contributed by atoms with E-state index in [1.807, 2.05) is 54.9 Å². The zero-order valence-electron chi connectivity index (χ0n) is 14.6. The van der Waals surface area contributed by atoms with Crippen LogP contribution >= 0.6 is 11.3 Å². The first-order valence-electron chi connectivity index (χ1n) is 8.77. The lowest BCUT2D eigenvalue weighted by atomic mass is 9.84. The number of benzene rings is 1. The van der Waals surface area contributed by atoms with Crippen molar-refractivity contribution in [1.82, 2.24) is 15.6 Å². The molecule has 3 heterocycles. The number of amides is 2. The number of fused-ring (bicyclic) bond motifs is 1. The Morgan fingerprint density at radius 1 is 1.23 bits per heavy atom. The van der Waals surface area contributed by atoms with Crippen LogP contribution in [0.15, 0.2) is 47.8 Å². The van der Waals surface area contributed by atoms with Crippen molar-refractivity contribution in [3.05, 3.63) is 52.7 Å². The molecule has 2 aliphatic heterocycles. The van der Waals surface area contributed by atoms with E-state index in [0.717, 1.165) is 10.6 Å². The number of carbonyl (C=O) groups excluding carboxylic acids is 2. The van der Waals surface area contributed by atoms with Crippen LogP contribution in [0, 0.1) is 11.8 Å². The van der Waals surface area contributed by atoms with Crippen LogP contribution in [-0.4, -0.2) is 42.9 Å². The van der Waals surface area contributed by atoms with Gasteiger partial charge in [0.25, 0.3) is 0 Å². The fraction of sp³-hybridized carbons (Fsp3) is 0.368. The average molecular weight is 370 g/mol. The predicted molar refractivity (Wildman–Crippen MR) is 101 cm³/mol. The summed E-state index contributed by atoms with van der Waals surface area (Å²) in [5.74, 6) is -0.457. The summed E-state index contributed by atoms with van der Waals surface area (Å²) in [6, 6.07) is 13.3. The predicted octanol–water partition coefficient (Wildman–Crippen LogP) is 1.46. The first-order chi connectivity index (χ1) is 12.6. The standard InChI is InChI=1S/C19H22N4O2S/c1-22-11-15(18(24)20-10-14-8-5-9-26-14)17-16(12-22)19(25)23(21-17)13-6-3-2-4-7-13/h2-9,15-17,21H,10-12H2,1H3,(H,20,24). The van der Waals surface area contributed by atoms with E-state index in [9.17, 15) is 9.59 Å². The molecule has 2 saturated heterocycles. The molecule has 2 aromatic rings. The number of thiophene rings is 1. The molecule has 2 aliphatic rings. The van der Waals surface area contributed by atoms with Gasteiger partial charge in [-0.2, -0.15) is 0 Å². The number of piperidine rings is 1. The molecule has 0 radical (unpaired) electrons. The Bertz CT molecular complexity index is 780. The molecule has 6 nitrogen and oxygen atoms in total. The third-order valence-corrected chi connectivity index (χ3v) is 5.94. The van der Waals surface area contributed by atoms with E-state index in [2.05, 4.69) is 15.6 Å². The maximum absolute atomic E-state index is 12.9. The van der Waals surface area contributed by atoms with Crippen molar-refractivity contribution in [2.24, 2.45) is 11.8 Å². The Kier molecular flexibility index (Phi) is 4.76. The molecular weight excluding hydrogens is 348 g/mol. The second-order valence-corrected chi connectivity index (χ2v) is 7.93. The molecule has 0 bridgehead atoms. The summed E-state index contributed by atoms with van der Waals surface area (Å²) >= 11 is 1.63. The molecule has 26 heavy (non-hydrogen) atoms. The fourth-order valence-corrected chi connectivity index (χ4v) is 4.43. The van der Waals surface area contributed by atoms with Gasteiger partial charge in [-0.25, -0.2) is 10.4 Å². The lowest BCUT2D eigenvalue weighted by Crippen LogP contribution is -2.56. The molecule has 3 atom stereocenters. The summed E-state index contributed by atoms with van der Waals surface area (Å²) in [5, 5.41) is 6.64. The fourth-order valence-electron chi connectivity index (χ4n) is 3.79. The molecule has 2 fully saturated rings. The molecule has 0 spiro atoms. The number of likely N-dealkylation sites (tertiary alicyclic amines) is 1. The number of rotatable bonds is 4. The summed E-state index contributed by atoms with van der Waals surface area (Å²) in [4.78, 5) is 28.9. The number of hydrazine groups is 1. The number of nitrogens with zero attached hydrogens (tertiary/aromatic N) is 2. The van der Waals surface area contributed by atoms with Gasteiger partial charge in [0.15, 0.2) is 0 Å². The number of hydrogen-bond donors (Lipinski definition) is 2. The smallest absolute Gasteiger partial charge is 0.247 e. The van der Waals surface area contributed by atoms with Gasteiger partial charge >= 0.3 is 0 Å². The highest BCUT2D eigenvalue weighted by atomic mass is 32.1. The minimum absolute atomic E-state index is 0.00448. The molecule has 3 unspecified atom stereocenters. The maximum atomic E-state index is 12.9. The summed E-state index contributed by atoms with van der Waals surface area (Å²) in [7, 11) is 1.97. The van der Waals surface area contributed by atoms with Crippen LogP contribution in [0.1, 0.15) is 4.88 Å². The third-order valence-electron chi connectivity index (χ3n) is 5.07. The van der Waals surface area contributed by atoms with Crippen molar-refractivity contribution in [3.8, 4) is 0 Å². The van der Waals surface area contributed by atoms with Crippen LogP contribution in [0.2, 0.25) is 0 Å². The number of nitrogens with one attached hydrogen (secondary N) is 2. The lowest BCUT2D eigenvalue weighted by molar-refractivity contribution is -0.129. The van der Waals surface area contributed by atoms with E-state index in [0.29, 0.717) is 19.6 Å². The summed E-state index contributed by atoms with van der Waals surface area (Å²) in [6.07, 6.45) is 0. The van der Waals surface area contributed by atoms with Gasteiger partial charge in [-0.1, -0.05) is 24.3 Å². The van der Waals surface area contributed by atoms with E-state index < -0.39 is 0 Å². The first-order valence-corrected chi connectivity index (χ1v) is 9.65. The van der Waals surface area contributed by atoms with Gasteiger partial charge in [0.1, 0.15) is 0 Å². The normalized spacial score (nSPS) is 26.0. The van der Waals surface area contributed by atoms with Crippen molar-refractivity contribution >= 4 is 28.8 Å². The molecule has 0 aliphatic carbocycles. The van der Waals surface area contributed by atoms with Gasteiger partial charge in [-0.3, -0.25) is 9.59 Å². The zero-order valence-corrected chi connectivity index (χ0v) is 15.4. The first kappa shape index (κ1) is 17.2. The molecule has 2 N–H and O–H groups in total. The largest absolute Gasteiger partial charge is 0.351 e. The second-order valence-electron chi connectivity index (χ2n) is 6.90. The third kappa shape index (κ3) is 3.25. The van der Waals surface area contributed by atoms with Crippen LogP contribution < -0.4 is 15.8 Å². The lowest BCUT2D eigenvalue weighted by Gasteiger charge is -2.36. The molecule has 4 rings (SSSR count). The van der Waals surface area contributed by atoms with Crippen molar-refractivity contribution < 1.29 is 9.59 Å². The Balaban J connectivity index is 1.51. The summed E-state index contributed by atoms with van der Waals surface area (Å²) < 4.78 is 0. The van der Waals surface area contributed by atoms with Gasteiger partial charge in [0.05, 0.1) is 30.1 Å². The Hall–Kier alpha value is -2.22. The highest BCUT2D eigenvalue weighted by Gasteiger charge is 2.50. The van der Waals surface area contributed by atoms with E-state index in [1.165, 1.54) is 0 Å². The zero-order chi connectivity index (χ0) is 18.1. The number of hydrogen-bond acceptors (Lipinski definition) is 5. The Morgan fingerprint density at radius 2 is 2.04 bits per heavy atom. The highest BCUT2D eigenvalue weighted by Crippen LogP contribution is 2.31. The van der Waals surface area contributed by atoms with Crippen molar-refractivity contribution in [3.63, 3.8) is 0 Å². The van der Waals surface area contributed by atoms with Gasteiger partial charge in [-0.15, -0.1) is 11.3 Å². The average Bonchev–Trinajstić information content (AvgIpc) is 3.28. The number of para-hydroxylation sites is 1. The molecule has 1 aromatic carbocycles. The van der Waals surface area contributed by atoms with Gasteiger partial charge in [0, 0.05) is 18.0 Å². The van der Waals surface area contributed by atoms with Crippen molar-refractivity contribution in [1.29, 1.82) is 0 Å². The van der Waals surface area contributed by atoms with Crippen LogP contribution in [0.4, 0.5) is 5.69 Å². The molecular formula is C19H22N4O2S. The van der Waals surface area contributed by atoms with E-state index in [1.54, 1.807) is 16.3 Å².